The molecule has 1 fully saturated rings. The van der Waals surface area contributed by atoms with E-state index in [0.29, 0.717) is 11.8 Å². The molecule has 2 aliphatic rings. The van der Waals surface area contributed by atoms with Gasteiger partial charge in [0.25, 0.3) is 0 Å². The Morgan fingerprint density at radius 1 is 1.32 bits per heavy atom. The molecule has 0 amide bonds. The summed E-state index contributed by atoms with van der Waals surface area (Å²) in [6, 6.07) is 5.02. The first-order valence-electron chi connectivity index (χ1n) is 7.75. The van der Waals surface area contributed by atoms with Crippen LogP contribution in [0, 0.1) is 12.8 Å². The summed E-state index contributed by atoms with van der Waals surface area (Å²) in [5.41, 5.74) is 3.64. The summed E-state index contributed by atoms with van der Waals surface area (Å²) in [7, 11) is 0. The fourth-order valence-corrected chi connectivity index (χ4v) is 4.01. The molecule has 0 saturated carbocycles. The Hall–Kier alpha value is -1.02. The van der Waals surface area contributed by atoms with Crippen LogP contribution in [0.3, 0.4) is 0 Å². The minimum atomic E-state index is 0.559. The van der Waals surface area contributed by atoms with E-state index in [-0.39, 0.29) is 0 Å². The number of hydrogen-bond acceptors (Lipinski definition) is 2. The van der Waals surface area contributed by atoms with Crippen molar-refractivity contribution in [3.05, 3.63) is 28.8 Å². The highest BCUT2D eigenvalue weighted by Gasteiger charge is 2.36. The number of rotatable bonds is 2. The number of piperidine rings is 1. The van der Waals surface area contributed by atoms with Gasteiger partial charge in [-0.15, -0.1) is 0 Å². The highest BCUT2D eigenvalue weighted by Crippen LogP contribution is 2.39. The van der Waals surface area contributed by atoms with E-state index in [2.05, 4.69) is 24.0 Å². The Balaban J connectivity index is 1.90. The molecule has 1 aliphatic carbocycles. The predicted octanol–water partition coefficient (Wildman–Crippen LogP) is 3.29. The normalized spacial score (nSPS) is 26.8. The van der Waals surface area contributed by atoms with Gasteiger partial charge in [0.2, 0.25) is 0 Å². The third-order valence-electron chi connectivity index (χ3n) is 5.02. The van der Waals surface area contributed by atoms with Gasteiger partial charge in [0.1, 0.15) is 5.75 Å². The molecular weight excluding hydrogens is 234 g/mol. The maximum atomic E-state index is 10.3. The van der Waals surface area contributed by atoms with Gasteiger partial charge in [0.05, 0.1) is 0 Å². The van der Waals surface area contributed by atoms with Crippen LogP contribution in [0.15, 0.2) is 12.1 Å². The van der Waals surface area contributed by atoms with Crippen molar-refractivity contribution in [2.75, 3.05) is 13.1 Å². The van der Waals surface area contributed by atoms with E-state index in [1.54, 1.807) is 0 Å². The summed E-state index contributed by atoms with van der Waals surface area (Å²) in [6.45, 7) is 6.78. The lowest BCUT2D eigenvalue weighted by molar-refractivity contribution is 0.0849. The molecule has 1 aromatic rings. The minimum Gasteiger partial charge on any atom is -0.507 e. The molecule has 104 valence electrons. The summed E-state index contributed by atoms with van der Waals surface area (Å²) in [5.74, 6) is 1.31. The highest BCUT2D eigenvalue weighted by molar-refractivity contribution is 5.47. The van der Waals surface area contributed by atoms with Gasteiger partial charge in [-0.3, -0.25) is 4.90 Å². The Labute approximate surface area is 116 Å². The Morgan fingerprint density at radius 2 is 2.16 bits per heavy atom. The number of hydrogen-bond donors (Lipinski definition) is 1. The second kappa shape index (κ2) is 5.16. The third-order valence-corrected chi connectivity index (χ3v) is 5.02. The van der Waals surface area contributed by atoms with Crippen LogP contribution >= 0.6 is 0 Å². The van der Waals surface area contributed by atoms with Gasteiger partial charge in [0.15, 0.2) is 0 Å². The van der Waals surface area contributed by atoms with E-state index in [4.69, 9.17) is 0 Å². The summed E-state index contributed by atoms with van der Waals surface area (Å²) < 4.78 is 0. The average molecular weight is 259 g/mol. The van der Waals surface area contributed by atoms with Crippen molar-refractivity contribution in [2.24, 2.45) is 5.92 Å². The van der Waals surface area contributed by atoms with Crippen LogP contribution in [0.4, 0.5) is 0 Å². The molecule has 1 aromatic carbocycles. The average Bonchev–Trinajstić information content (AvgIpc) is 2.42. The lowest BCUT2D eigenvalue weighted by Crippen LogP contribution is -2.49. The maximum absolute atomic E-state index is 10.3. The van der Waals surface area contributed by atoms with Crippen molar-refractivity contribution in [3.63, 3.8) is 0 Å². The predicted molar refractivity (Wildman–Crippen MR) is 78.6 cm³/mol. The van der Waals surface area contributed by atoms with Crippen molar-refractivity contribution in [3.8, 4) is 5.75 Å². The van der Waals surface area contributed by atoms with Crippen LogP contribution in [0.1, 0.15) is 42.9 Å². The molecule has 1 N–H and O–H groups in total. The summed E-state index contributed by atoms with van der Waals surface area (Å²) in [5, 5.41) is 10.3. The van der Waals surface area contributed by atoms with Gasteiger partial charge >= 0.3 is 0 Å². The van der Waals surface area contributed by atoms with Crippen molar-refractivity contribution in [2.45, 2.75) is 52.0 Å². The van der Waals surface area contributed by atoms with Crippen LogP contribution in [-0.2, 0) is 12.8 Å². The minimum absolute atomic E-state index is 0.559. The molecular formula is C17H25NO. The van der Waals surface area contributed by atoms with E-state index in [9.17, 15) is 5.11 Å². The molecule has 2 atom stereocenters. The molecule has 0 spiro atoms. The molecule has 3 rings (SSSR count). The number of fused-ring (bicyclic) bond motifs is 2. The van der Waals surface area contributed by atoms with Crippen LogP contribution in [0.2, 0.25) is 0 Å². The number of phenolic OH excluding ortho intramolecular Hbond substituents is 1. The van der Waals surface area contributed by atoms with Gasteiger partial charge in [0, 0.05) is 6.04 Å². The summed E-state index contributed by atoms with van der Waals surface area (Å²) in [6.07, 6.45) is 6.11. The second-order valence-electron chi connectivity index (χ2n) is 6.28. The van der Waals surface area contributed by atoms with Gasteiger partial charge < -0.3 is 5.11 Å². The number of aromatic hydroxyl groups is 1. The van der Waals surface area contributed by atoms with Gasteiger partial charge in [-0.2, -0.15) is 0 Å². The first-order chi connectivity index (χ1) is 9.20. The van der Waals surface area contributed by atoms with E-state index < -0.39 is 0 Å². The first-order valence-corrected chi connectivity index (χ1v) is 7.75. The maximum Gasteiger partial charge on any atom is 0.121 e. The van der Waals surface area contributed by atoms with Crippen LogP contribution in [-0.4, -0.2) is 29.1 Å². The largest absolute Gasteiger partial charge is 0.507 e. The number of nitrogens with zero attached hydrogens (tertiary/aromatic N) is 1. The lowest BCUT2D eigenvalue weighted by atomic mass is 9.74. The van der Waals surface area contributed by atoms with E-state index in [1.165, 1.54) is 43.5 Å². The molecule has 0 bridgehead atoms. The molecule has 19 heavy (non-hydrogen) atoms. The van der Waals surface area contributed by atoms with Crippen molar-refractivity contribution in [1.82, 2.24) is 4.90 Å². The molecule has 1 saturated heterocycles. The van der Waals surface area contributed by atoms with E-state index >= 15 is 0 Å². The molecule has 0 radical (unpaired) electrons. The quantitative estimate of drug-likeness (QED) is 0.881. The number of benzene rings is 1. The Kier molecular flexibility index (Phi) is 3.53. The number of phenols is 1. The van der Waals surface area contributed by atoms with Gasteiger partial charge in [-0.1, -0.05) is 19.1 Å². The van der Waals surface area contributed by atoms with Crippen molar-refractivity contribution < 1.29 is 5.11 Å². The van der Waals surface area contributed by atoms with Crippen LogP contribution < -0.4 is 0 Å². The number of likely N-dealkylation sites (tertiary alicyclic amines) is 1. The lowest BCUT2D eigenvalue weighted by Gasteiger charge is -2.44. The van der Waals surface area contributed by atoms with Crippen LogP contribution in [0.25, 0.3) is 0 Å². The third kappa shape index (κ3) is 2.27. The van der Waals surface area contributed by atoms with Crippen LogP contribution in [0.5, 0.6) is 5.75 Å². The topological polar surface area (TPSA) is 23.5 Å². The molecule has 0 aromatic heterocycles. The smallest absolute Gasteiger partial charge is 0.121 e. The zero-order chi connectivity index (χ0) is 13.4. The Bertz CT molecular complexity index is 467. The summed E-state index contributed by atoms with van der Waals surface area (Å²) >= 11 is 0. The monoisotopic (exact) mass is 259 g/mol. The van der Waals surface area contributed by atoms with Gasteiger partial charge in [-0.05, 0) is 74.7 Å². The molecule has 1 aliphatic heterocycles. The van der Waals surface area contributed by atoms with Gasteiger partial charge in [-0.25, -0.2) is 0 Å². The SMILES string of the molecule is CCCN1CCC[C@@H]2Cc3c(ccc(C)c3O)C[C@H]21. The number of aryl methyl sites for hydroxylation is 1. The second-order valence-corrected chi connectivity index (χ2v) is 6.28. The zero-order valence-electron chi connectivity index (χ0n) is 12.2. The van der Waals surface area contributed by atoms with Crippen molar-refractivity contribution >= 4 is 0 Å². The molecule has 1 heterocycles. The molecule has 2 heteroatoms. The molecule has 2 nitrogen and oxygen atoms in total. The highest BCUT2D eigenvalue weighted by atomic mass is 16.3. The fraction of sp³-hybridized carbons (Fsp3) is 0.647. The first kappa shape index (κ1) is 13.0. The standard InChI is InChI=1S/C17H25NO/c1-3-8-18-9-4-5-14-10-15-13(11-16(14)18)7-6-12(2)17(15)19/h6-7,14,16,19H,3-5,8-11H2,1-2H3/t14-,16-/m1/s1. The van der Waals surface area contributed by atoms with E-state index in [1.807, 2.05) is 6.92 Å². The zero-order valence-corrected chi connectivity index (χ0v) is 12.2. The fourth-order valence-electron chi connectivity index (χ4n) is 4.01. The molecule has 0 unspecified atom stereocenters. The van der Waals surface area contributed by atoms with E-state index in [0.717, 1.165) is 24.3 Å². The Morgan fingerprint density at radius 3 is 2.95 bits per heavy atom. The summed E-state index contributed by atoms with van der Waals surface area (Å²) in [4.78, 5) is 2.69. The van der Waals surface area contributed by atoms with Crippen molar-refractivity contribution in [1.29, 1.82) is 0 Å².